The molecular formula is C9H14O5. The first kappa shape index (κ1) is 9.89. The Kier molecular flexibility index (Phi) is 2.71. The van der Waals surface area contributed by atoms with Crippen molar-refractivity contribution in [3.8, 4) is 0 Å². The second kappa shape index (κ2) is 3.84. The lowest BCUT2D eigenvalue weighted by atomic mass is 10.1. The Morgan fingerprint density at radius 3 is 2.36 bits per heavy atom. The van der Waals surface area contributed by atoms with Crippen LogP contribution in [-0.4, -0.2) is 50.7 Å². The van der Waals surface area contributed by atoms with Crippen LogP contribution in [0.25, 0.3) is 0 Å². The first-order chi connectivity index (χ1) is 6.72. The first-order valence-corrected chi connectivity index (χ1v) is 4.65. The summed E-state index contributed by atoms with van der Waals surface area (Å²) >= 11 is 0. The van der Waals surface area contributed by atoms with Gasteiger partial charge in [-0.2, -0.15) is 0 Å². The number of hydrogen-bond acceptors (Lipinski definition) is 5. The van der Waals surface area contributed by atoms with Crippen molar-refractivity contribution >= 4 is 5.97 Å². The van der Waals surface area contributed by atoms with Crippen LogP contribution < -0.4 is 0 Å². The highest BCUT2D eigenvalue weighted by molar-refractivity contribution is 5.66. The molecule has 0 saturated carbocycles. The smallest absolute Gasteiger partial charge is 0.303 e. The minimum Gasteiger partial charge on any atom is -0.457 e. The molecule has 0 amide bonds. The van der Waals surface area contributed by atoms with E-state index in [1.165, 1.54) is 6.92 Å². The van der Waals surface area contributed by atoms with Crippen molar-refractivity contribution in [3.63, 3.8) is 0 Å². The number of hydrogen-bond donors (Lipinski definition) is 0. The molecule has 5 heteroatoms. The molecule has 80 valence electrons. The van der Waals surface area contributed by atoms with E-state index < -0.39 is 0 Å². The Labute approximate surface area is 82.3 Å². The number of carbonyl (C=O) groups is 1. The number of fused-ring (bicyclic) bond motifs is 1. The molecule has 14 heavy (non-hydrogen) atoms. The number of carbonyl (C=O) groups excluding carboxylic acids is 1. The average molecular weight is 202 g/mol. The SMILES string of the molecule is CO[C@H]1CO[C@H]2[C@@H]1OC[C@H]2OC(C)=O. The largest absolute Gasteiger partial charge is 0.457 e. The highest BCUT2D eigenvalue weighted by atomic mass is 16.6. The van der Waals surface area contributed by atoms with Crippen molar-refractivity contribution < 1.29 is 23.7 Å². The van der Waals surface area contributed by atoms with Gasteiger partial charge in [0.2, 0.25) is 0 Å². The first-order valence-electron chi connectivity index (χ1n) is 4.65. The molecule has 4 atom stereocenters. The lowest BCUT2D eigenvalue weighted by Crippen LogP contribution is -2.34. The number of ether oxygens (including phenoxy) is 4. The van der Waals surface area contributed by atoms with Gasteiger partial charge in [0.1, 0.15) is 18.3 Å². The van der Waals surface area contributed by atoms with Crippen LogP contribution in [0.1, 0.15) is 6.92 Å². The van der Waals surface area contributed by atoms with Crippen LogP contribution in [0.3, 0.4) is 0 Å². The van der Waals surface area contributed by atoms with E-state index in [9.17, 15) is 4.79 Å². The summed E-state index contributed by atoms with van der Waals surface area (Å²) in [6.45, 7) is 2.29. The number of methoxy groups -OCH3 is 1. The van der Waals surface area contributed by atoms with Gasteiger partial charge < -0.3 is 18.9 Å². The van der Waals surface area contributed by atoms with E-state index in [0.29, 0.717) is 13.2 Å². The Morgan fingerprint density at radius 2 is 1.79 bits per heavy atom. The molecule has 0 aromatic heterocycles. The van der Waals surface area contributed by atoms with Crippen LogP contribution in [0.5, 0.6) is 0 Å². The molecular weight excluding hydrogens is 188 g/mol. The van der Waals surface area contributed by atoms with Gasteiger partial charge in [-0.1, -0.05) is 0 Å². The Hall–Kier alpha value is -0.650. The number of esters is 1. The zero-order chi connectivity index (χ0) is 10.1. The fraction of sp³-hybridized carbons (Fsp3) is 0.889. The van der Waals surface area contributed by atoms with Gasteiger partial charge in [0.15, 0.2) is 6.10 Å². The molecule has 2 aliphatic heterocycles. The van der Waals surface area contributed by atoms with Crippen molar-refractivity contribution in [1.29, 1.82) is 0 Å². The van der Waals surface area contributed by atoms with Crippen molar-refractivity contribution in [2.24, 2.45) is 0 Å². The second-order valence-corrected chi connectivity index (χ2v) is 3.52. The van der Waals surface area contributed by atoms with Gasteiger partial charge in [-0.25, -0.2) is 0 Å². The summed E-state index contributed by atoms with van der Waals surface area (Å²) in [6, 6.07) is 0. The third-order valence-corrected chi connectivity index (χ3v) is 2.58. The van der Waals surface area contributed by atoms with E-state index in [2.05, 4.69) is 0 Å². The van der Waals surface area contributed by atoms with E-state index >= 15 is 0 Å². The van der Waals surface area contributed by atoms with Crippen LogP contribution in [0.15, 0.2) is 0 Å². The van der Waals surface area contributed by atoms with Gasteiger partial charge in [0.05, 0.1) is 13.2 Å². The third kappa shape index (κ3) is 1.63. The molecule has 0 N–H and O–H groups in total. The predicted molar refractivity (Wildman–Crippen MR) is 45.8 cm³/mol. The summed E-state index contributed by atoms with van der Waals surface area (Å²) in [7, 11) is 1.62. The molecule has 2 heterocycles. The Balaban J connectivity index is 1.97. The normalized spacial score (nSPS) is 41.0. The maximum absolute atomic E-state index is 10.8. The van der Waals surface area contributed by atoms with E-state index in [-0.39, 0.29) is 30.4 Å². The topological polar surface area (TPSA) is 54.0 Å². The van der Waals surface area contributed by atoms with E-state index in [4.69, 9.17) is 18.9 Å². The molecule has 0 aliphatic carbocycles. The van der Waals surface area contributed by atoms with Crippen LogP contribution >= 0.6 is 0 Å². The molecule has 2 saturated heterocycles. The summed E-state index contributed by atoms with van der Waals surface area (Å²) < 4.78 is 21.2. The maximum atomic E-state index is 10.8. The van der Waals surface area contributed by atoms with Gasteiger partial charge in [-0.15, -0.1) is 0 Å². The van der Waals surface area contributed by atoms with Gasteiger partial charge in [0, 0.05) is 14.0 Å². The molecule has 5 nitrogen and oxygen atoms in total. The van der Waals surface area contributed by atoms with Gasteiger partial charge in [-0.05, 0) is 0 Å². The molecule has 2 rings (SSSR count). The molecule has 0 unspecified atom stereocenters. The van der Waals surface area contributed by atoms with E-state index in [1.807, 2.05) is 0 Å². The summed E-state index contributed by atoms with van der Waals surface area (Å²) in [4.78, 5) is 10.8. The van der Waals surface area contributed by atoms with Crippen molar-refractivity contribution in [2.75, 3.05) is 20.3 Å². The zero-order valence-electron chi connectivity index (χ0n) is 8.26. The zero-order valence-corrected chi connectivity index (χ0v) is 8.26. The predicted octanol–water partition coefficient (Wildman–Crippen LogP) is -0.269. The van der Waals surface area contributed by atoms with Gasteiger partial charge in [0.25, 0.3) is 0 Å². The lowest BCUT2D eigenvalue weighted by molar-refractivity contribution is -0.151. The molecule has 0 aromatic carbocycles. The summed E-state index contributed by atoms with van der Waals surface area (Å²) in [5, 5.41) is 0. The maximum Gasteiger partial charge on any atom is 0.303 e. The fourth-order valence-corrected chi connectivity index (χ4v) is 1.95. The van der Waals surface area contributed by atoms with Crippen LogP contribution in [0.2, 0.25) is 0 Å². The lowest BCUT2D eigenvalue weighted by Gasteiger charge is -2.15. The van der Waals surface area contributed by atoms with Crippen molar-refractivity contribution in [3.05, 3.63) is 0 Å². The molecule has 0 bridgehead atoms. The van der Waals surface area contributed by atoms with Crippen LogP contribution in [0, 0.1) is 0 Å². The Morgan fingerprint density at radius 1 is 1.21 bits per heavy atom. The second-order valence-electron chi connectivity index (χ2n) is 3.52. The van der Waals surface area contributed by atoms with Gasteiger partial charge in [-0.3, -0.25) is 4.79 Å². The standard InChI is InChI=1S/C9H14O5/c1-5(10)14-7-4-13-8-6(11-2)3-12-9(7)8/h6-9H,3-4H2,1-2H3/t6-,7+,8+,9+/m0/s1. The van der Waals surface area contributed by atoms with E-state index in [1.54, 1.807) is 7.11 Å². The highest BCUT2D eigenvalue weighted by Crippen LogP contribution is 2.30. The third-order valence-electron chi connectivity index (χ3n) is 2.58. The van der Waals surface area contributed by atoms with Crippen LogP contribution in [0.4, 0.5) is 0 Å². The monoisotopic (exact) mass is 202 g/mol. The minimum atomic E-state index is -0.302. The molecule has 2 fully saturated rings. The highest BCUT2D eigenvalue weighted by Gasteiger charge is 2.49. The van der Waals surface area contributed by atoms with Crippen molar-refractivity contribution in [2.45, 2.75) is 31.3 Å². The number of rotatable bonds is 2. The molecule has 2 aliphatic rings. The minimum absolute atomic E-state index is 0.0411. The molecule has 0 aromatic rings. The summed E-state index contributed by atoms with van der Waals surface area (Å²) in [5.41, 5.74) is 0. The summed E-state index contributed by atoms with van der Waals surface area (Å²) in [5.74, 6) is -0.302. The molecule has 0 spiro atoms. The fourth-order valence-electron chi connectivity index (χ4n) is 1.95. The molecule has 0 radical (unpaired) electrons. The summed E-state index contributed by atoms with van der Waals surface area (Å²) in [6.07, 6.45) is -0.577. The van der Waals surface area contributed by atoms with Crippen molar-refractivity contribution in [1.82, 2.24) is 0 Å². The van der Waals surface area contributed by atoms with Crippen LogP contribution in [-0.2, 0) is 23.7 Å². The Bertz CT molecular complexity index is 229. The van der Waals surface area contributed by atoms with E-state index in [0.717, 1.165) is 0 Å². The average Bonchev–Trinajstić information content (AvgIpc) is 2.67. The van der Waals surface area contributed by atoms with Gasteiger partial charge >= 0.3 is 5.97 Å². The quantitative estimate of drug-likeness (QED) is 0.577.